The number of hydrogen-bond donors (Lipinski definition) is 2. The molecule has 1 aliphatic carbocycles. The van der Waals surface area contributed by atoms with Gasteiger partial charge in [0.2, 0.25) is 5.91 Å². The summed E-state index contributed by atoms with van der Waals surface area (Å²) >= 11 is 0. The van der Waals surface area contributed by atoms with E-state index in [1.807, 2.05) is 18.2 Å². The Hall–Kier alpha value is -3.46. The summed E-state index contributed by atoms with van der Waals surface area (Å²) in [6.45, 7) is 2.99. The van der Waals surface area contributed by atoms with Crippen molar-refractivity contribution in [3.05, 3.63) is 71.2 Å². The Labute approximate surface area is 213 Å². The molecule has 0 saturated carbocycles. The molecular weight excluding hydrogens is 481 g/mol. The van der Waals surface area contributed by atoms with Crippen LogP contribution in [0, 0.1) is 11.7 Å². The molecule has 3 atom stereocenters. The number of aromatic nitrogens is 2. The van der Waals surface area contributed by atoms with Gasteiger partial charge >= 0.3 is 0 Å². The second-order valence-corrected chi connectivity index (χ2v) is 9.68. The van der Waals surface area contributed by atoms with Gasteiger partial charge in [-0.25, -0.2) is 13.2 Å². The molecule has 9 heteroatoms. The third kappa shape index (κ3) is 5.46. The number of halogens is 3. The summed E-state index contributed by atoms with van der Waals surface area (Å²) in [5, 5.41) is 15.4. The molecule has 1 aliphatic heterocycles. The number of allylic oxidation sites excluding steroid dienone is 2. The lowest BCUT2D eigenvalue weighted by atomic mass is 9.85. The highest BCUT2D eigenvalue weighted by Crippen LogP contribution is 2.34. The maximum Gasteiger partial charge on any atom is 0.266 e. The van der Waals surface area contributed by atoms with Gasteiger partial charge < -0.3 is 15.4 Å². The van der Waals surface area contributed by atoms with E-state index in [2.05, 4.69) is 26.9 Å². The number of fused-ring (bicyclic) bond motifs is 1. The lowest BCUT2D eigenvalue weighted by molar-refractivity contribution is -0.125. The number of anilines is 1. The number of ether oxygens (including phenoxy) is 1. The van der Waals surface area contributed by atoms with Gasteiger partial charge in [0, 0.05) is 23.5 Å². The van der Waals surface area contributed by atoms with Crippen molar-refractivity contribution < 1.29 is 22.7 Å². The summed E-state index contributed by atoms with van der Waals surface area (Å²) < 4.78 is 46.4. The van der Waals surface area contributed by atoms with E-state index in [1.54, 1.807) is 13.1 Å². The Morgan fingerprint density at radius 1 is 1.16 bits per heavy atom. The molecule has 3 aromatic rings. The average molecular weight is 511 g/mol. The predicted molar refractivity (Wildman–Crippen MR) is 136 cm³/mol. The molecule has 2 N–H and O–H groups in total. The lowest BCUT2D eigenvalue weighted by Gasteiger charge is -2.23. The van der Waals surface area contributed by atoms with Gasteiger partial charge in [-0.1, -0.05) is 30.3 Å². The first-order chi connectivity index (χ1) is 17.9. The summed E-state index contributed by atoms with van der Waals surface area (Å²) in [6.07, 6.45) is 3.86. The minimum atomic E-state index is -2.88. The third-order valence-corrected chi connectivity index (χ3v) is 7.20. The fraction of sp³-hybridized carbons (Fsp3) is 0.393. The Morgan fingerprint density at radius 2 is 2.00 bits per heavy atom. The topological polar surface area (TPSA) is 76.1 Å². The van der Waals surface area contributed by atoms with E-state index in [1.165, 1.54) is 12.1 Å². The summed E-state index contributed by atoms with van der Waals surface area (Å²) in [6, 6.07) is 9.44. The molecule has 0 bridgehead atoms. The Bertz CT molecular complexity index is 1320. The molecule has 37 heavy (non-hydrogen) atoms. The number of hydrogen-bond acceptors (Lipinski definition) is 5. The number of carbonyl (C=O) groups is 1. The van der Waals surface area contributed by atoms with Crippen LogP contribution in [-0.4, -0.2) is 35.4 Å². The van der Waals surface area contributed by atoms with E-state index >= 15 is 0 Å². The van der Waals surface area contributed by atoms with Crippen molar-refractivity contribution in [2.45, 2.75) is 51.1 Å². The molecular formula is C28H29F3N4O2. The van der Waals surface area contributed by atoms with E-state index in [0.717, 1.165) is 41.9 Å². The second kappa shape index (κ2) is 10.9. The zero-order valence-corrected chi connectivity index (χ0v) is 20.5. The standard InChI is InChI=1S/C28H29F3N4O2/c1-16(21-3-2-4-22(26(21)29)27(30)31)33-25-14-32-35-24-10-9-19(13-23(24)25)17-5-7-18(8-6-17)28(36)34-20-11-12-37-15-20/h2-5,9-10,13-14,16,18,20,27H,6-8,11-12,15H2,1H3,(H,33,35)(H,34,36)/t16-,18?,20?/m1/s1. The van der Waals surface area contributed by atoms with E-state index in [0.29, 0.717) is 30.8 Å². The van der Waals surface area contributed by atoms with Crippen LogP contribution >= 0.6 is 0 Å². The number of carbonyl (C=O) groups excluding carboxylic acids is 1. The van der Waals surface area contributed by atoms with Crippen LogP contribution in [0.4, 0.5) is 18.9 Å². The van der Waals surface area contributed by atoms with Crippen LogP contribution < -0.4 is 10.6 Å². The molecule has 0 radical (unpaired) electrons. The molecule has 2 heterocycles. The maximum atomic E-state index is 14.7. The van der Waals surface area contributed by atoms with E-state index in [4.69, 9.17) is 4.74 Å². The molecule has 2 aromatic carbocycles. The van der Waals surface area contributed by atoms with E-state index in [9.17, 15) is 18.0 Å². The number of amides is 1. The summed E-state index contributed by atoms with van der Waals surface area (Å²) in [5.41, 5.74) is 3.01. The predicted octanol–water partition coefficient (Wildman–Crippen LogP) is 5.97. The first-order valence-electron chi connectivity index (χ1n) is 12.6. The molecule has 0 spiro atoms. The fourth-order valence-electron chi connectivity index (χ4n) is 5.06. The van der Waals surface area contributed by atoms with Gasteiger partial charge in [-0.3, -0.25) is 4.79 Å². The quantitative estimate of drug-likeness (QED) is 0.410. The Kier molecular flexibility index (Phi) is 7.41. The largest absolute Gasteiger partial charge is 0.379 e. The molecule has 6 nitrogen and oxygen atoms in total. The minimum Gasteiger partial charge on any atom is -0.379 e. The zero-order chi connectivity index (χ0) is 25.9. The van der Waals surface area contributed by atoms with Crippen LogP contribution in [0.2, 0.25) is 0 Å². The number of rotatable bonds is 7. The van der Waals surface area contributed by atoms with Crippen LogP contribution in [0.1, 0.15) is 61.8 Å². The lowest BCUT2D eigenvalue weighted by Crippen LogP contribution is -2.39. The molecule has 1 saturated heterocycles. The van der Waals surface area contributed by atoms with Gasteiger partial charge in [0.1, 0.15) is 5.82 Å². The van der Waals surface area contributed by atoms with Crippen LogP contribution in [0.5, 0.6) is 0 Å². The van der Waals surface area contributed by atoms with Gasteiger partial charge in [0.05, 0.1) is 41.7 Å². The van der Waals surface area contributed by atoms with Gasteiger partial charge in [-0.05, 0) is 55.9 Å². The number of nitrogens with zero attached hydrogens (tertiary/aromatic N) is 2. The zero-order valence-electron chi connectivity index (χ0n) is 20.5. The summed E-state index contributed by atoms with van der Waals surface area (Å²) in [7, 11) is 0. The average Bonchev–Trinajstić information content (AvgIpc) is 3.41. The van der Waals surface area contributed by atoms with E-state index < -0.39 is 23.8 Å². The minimum absolute atomic E-state index is 0.0485. The highest BCUT2D eigenvalue weighted by atomic mass is 19.3. The Morgan fingerprint density at radius 3 is 2.73 bits per heavy atom. The first-order valence-corrected chi connectivity index (χ1v) is 12.6. The smallest absolute Gasteiger partial charge is 0.266 e. The van der Waals surface area contributed by atoms with Gasteiger partial charge in [0.25, 0.3) is 6.43 Å². The van der Waals surface area contributed by atoms with Crippen molar-refractivity contribution >= 4 is 28.1 Å². The van der Waals surface area contributed by atoms with E-state index in [-0.39, 0.29) is 23.4 Å². The van der Waals surface area contributed by atoms with Crippen molar-refractivity contribution in [1.82, 2.24) is 15.5 Å². The Balaban J connectivity index is 1.34. The molecule has 1 fully saturated rings. The molecule has 2 unspecified atom stereocenters. The monoisotopic (exact) mass is 510 g/mol. The number of benzene rings is 2. The summed E-state index contributed by atoms with van der Waals surface area (Å²) in [5.74, 6) is -0.869. The van der Waals surface area contributed by atoms with Crippen LogP contribution in [0.15, 0.2) is 48.7 Å². The van der Waals surface area contributed by atoms with Crippen molar-refractivity contribution in [2.75, 3.05) is 18.5 Å². The highest BCUT2D eigenvalue weighted by Gasteiger charge is 2.26. The molecule has 194 valence electrons. The normalized spacial score (nSPS) is 20.6. The molecule has 5 rings (SSSR count). The molecule has 2 aliphatic rings. The maximum absolute atomic E-state index is 14.7. The molecule has 1 aromatic heterocycles. The van der Waals surface area contributed by atoms with Gasteiger partial charge in [0.15, 0.2) is 0 Å². The van der Waals surface area contributed by atoms with Gasteiger partial charge in [-0.2, -0.15) is 10.2 Å². The second-order valence-electron chi connectivity index (χ2n) is 9.68. The van der Waals surface area contributed by atoms with Crippen molar-refractivity contribution in [2.24, 2.45) is 5.92 Å². The summed E-state index contributed by atoms with van der Waals surface area (Å²) in [4.78, 5) is 12.6. The number of nitrogens with one attached hydrogen (secondary N) is 2. The number of alkyl halides is 2. The van der Waals surface area contributed by atoms with Crippen molar-refractivity contribution in [3.63, 3.8) is 0 Å². The van der Waals surface area contributed by atoms with Crippen molar-refractivity contribution in [3.8, 4) is 0 Å². The fourth-order valence-corrected chi connectivity index (χ4v) is 5.06. The van der Waals surface area contributed by atoms with Crippen LogP contribution in [-0.2, 0) is 9.53 Å². The van der Waals surface area contributed by atoms with Crippen molar-refractivity contribution in [1.29, 1.82) is 0 Å². The van der Waals surface area contributed by atoms with Gasteiger partial charge in [-0.15, -0.1) is 0 Å². The van der Waals surface area contributed by atoms with Crippen LogP contribution in [0.3, 0.4) is 0 Å². The SMILES string of the molecule is C[C@@H](Nc1cnnc2ccc(C3=CCC(C(=O)NC4CCOC4)CC3)cc12)c1cccc(C(F)F)c1F. The van der Waals surface area contributed by atoms with Crippen LogP contribution in [0.25, 0.3) is 16.5 Å². The first kappa shape index (κ1) is 25.2. The highest BCUT2D eigenvalue weighted by molar-refractivity contribution is 5.93. The molecule has 1 amide bonds. The third-order valence-electron chi connectivity index (χ3n) is 7.20.